The van der Waals surface area contributed by atoms with E-state index in [0.717, 1.165) is 6.21 Å². The number of benzene rings is 2. The van der Waals surface area contributed by atoms with Crippen molar-refractivity contribution in [2.45, 2.75) is 4.90 Å². The Balaban J connectivity index is 1.85. The van der Waals surface area contributed by atoms with Crippen LogP contribution in [0.4, 0.5) is 5.69 Å². The van der Waals surface area contributed by atoms with Crippen LogP contribution in [0.2, 0.25) is 5.02 Å². The Morgan fingerprint density at radius 1 is 1.20 bits per heavy atom. The van der Waals surface area contributed by atoms with Crippen molar-refractivity contribution in [3.8, 4) is 11.5 Å². The van der Waals surface area contributed by atoms with Crippen molar-refractivity contribution in [2.24, 2.45) is 5.10 Å². The van der Waals surface area contributed by atoms with Crippen molar-refractivity contribution in [1.82, 2.24) is 4.83 Å². The molecule has 11 heteroatoms. The van der Waals surface area contributed by atoms with Gasteiger partial charge in [0.25, 0.3) is 15.7 Å². The third-order valence-corrected chi connectivity index (χ3v) is 4.71. The summed E-state index contributed by atoms with van der Waals surface area (Å²) in [5, 5.41) is 15.1. The van der Waals surface area contributed by atoms with Crippen LogP contribution in [0, 0.1) is 10.1 Å². The fraction of sp³-hybridized carbons (Fsp3) is 0.0714. The lowest BCUT2D eigenvalue weighted by Gasteiger charge is -2.04. The van der Waals surface area contributed by atoms with Gasteiger partial charge in [0.2, 0.25) is 6.79 Å². The molecule has 0 unspecified atom stereocenters. The van der Waals surface area contributed by atoms with E-state index in [0.29, 0.717) is 10.8 Å². The molecule has 25 heavy (non-hydrogen) atoms. The molecule has 0 aromatic heterocycles. The Morgan fingerprint density at radius 3 is 2.48 bits per heavy atom. The molecule has 1 aliphatic heterocycles. The number of halogens is 1. The molecule has 0 saturated carbocycles. The third-order valence-electron chi connectivity index (χ3n) is 3.22. The van der Waals surface area contributed by atoms with Gasteiger partial charge < -0.3 is 9.47 Å². The van der Waals surface area contributed by atoms with Crippen molar-refractivity contribution >= 4 is 33.5 Å². The number of sulfonamides is 1. The maximum absolute atomic E-state index is 12.1. The van der Waals surface area contributed by atoms with Gasteiger partial charge in [0.05, 0.1) is 27.7 Å². The first-order chi connectivity index (χ1) is 11.9. The zero-order chi connectivity index (χ0) is 18.0. The molecule has 3 rings (SSSR count). The number of rotatable bonds is 5. The van der Waals surface area contributed by atoms with Gasteiger partial charge in [-0.1, -0.05) is 11.6 Å². The fourth-order valence-electron chi connectivity index (χ4n) is 2.04. The van der Waals surface area contributed by atoms with Crippen molar-refractivity contribution < 1.29 is 22.8 Å². The predicted molar refractivity (Wildman–Crippen MR) is 88.6 cm³/mol. The molecule has 1 aliphatic rings. The van der Waals surface area contributed by atoms with E-state index in [9.17, 15) is 18.5 Å². The van der Waals surface area contributed by atoms with Crippen LogP contribution >= 0.6 is 11.6 Å². The molecule has 2 aromatic rings. The summed E-state index contributed by atoms with van der Waals surface area (Å²) in [5.41, 5.74) is -0.230. The van der Waals surface area contributed by atoms with Crippen molar-refractivity contribution in [2.75, 3.05) is 6.79 Å². The van der Waals surface area contributed by atoms with Gasteiger partial charge in [-0.05, 0) is 30.3 Å². The second kappa shape index (κ2) is 6.57. The number of hydrazone groups is 1. The molecule has 0 fully saturated rings. The highest BCUT2D eigenvalue weighted by Crippen LogP contribution is 2.37. The van der Waals surface area contributed by atoms with Crippen LogP contribution in [0.15, 0.2) is 46.4 Å². The van der Waals surface area contributed by atoms with Gasteiger partial charge in [-0.2, -0.15) is 13.5 Å². The van der Waals surface area contributed by atoms with Gasteiger partial charge in [-0.3, -0.25) is 10.1 Å². The van der Waals surface area contributed by atoms with E-state index in [4.69, 9.17) is 21.1 Å². The Morgan fingerprint density at radius 2 is 1.84 bits per heavy atom. The molecular formula is C14H10ClN3O6S. The Bertz CT molecular complexity index is 959. The SMILES string of the molecule is O=[N+]([O-])c1cc2c(cc1/C=N/NS(=O)(=O)c1ccc(Cl)cc1)OCO2. The quantitative estimate of drug-likeness (QED) is 0.480. The number of hydrogen-bond donors (Lipinski definition) is 1. The first-order valence-electron chi connectivity index (χ1n) is 6.75. The molecule has 0 radical (unpaired) electrons. The van der Waals surface area contributed by atoms with E-state index < -0.39 is 14.9 Å². The number of nitro groups is 1. The van der Waals surface area contributed by atoms with Crippen molar-refractivity contribution in [1.29, 1.82) is 0 Å². The first-order valence-corrected chi connectivity index (χ1v) is 8.61. The van der Waals surface area contributed by atoms with E-state index in [-0.39, 0.29) is 28.7 Å². The Hall–Kier alpha value is -2.85. The lowest BCUT2D eigenvalue weighted by Crippen LogP contribution is -2.18. The van der Waals surface area contributed by atoms with Crippen LogP contribution in [0.1, 0.15) is 5.56 Å². The van der Waals surface area contributed by atoms with E-state index >= 15 is 0 Å². The largest absolute Gasteiger partial charge is 0.454 e. The minimum Gasteiger partial charge on any atom is -0.454 e. The second-order valence-corrected chi connectivity index (χ2v) is 6.93. The highest BCUT2D eigenvalue weighted by Gasteiger charge is 2.22. The van der Waals surface area contributed by atoms with Crippen LogP contribution in [0.5, 0.6) is 11.5 Å². The molecule has 0 aliphatic carbocycles. The minimum atomic E-state index is -3.92. The van der Waals surface area contributed by atoms with Crippen LogP contribution in [0.25, 0.3) is 0 Å². The molecule has 0 amide bonds. The Kier molecular flexibility index (Phi) is 4.47. The summed E-state index contributed by atoms with van der Waals surface area (Å²) in [4.78, 5) is 12.4. The van der Waals surface area contributed by atoms with Crippen LogP contribution in [-0.2, 0) is 10.0 Å². The first kappa shape index (κ1) is 17.0. The van der Waals surface area contributed by atoms with E-state index in [1.807, 2.05) is 4.83 Å². The maximum atomic E-state index is 12.1. The summed E-state index contributed by atoms with van der Waals surface area (Å²) in [5.74, 6) is 0.554. The average molecular weight is 384 g/mol. The molecule has 0 bridgehead atoms. The summed E-state index contributed by atoms with van der Waals surface area (Å²) < 4.78 is 34.4. The maximum Gasteiger partial charge on any atom is 0.282 e. The zero-order valence-corrected chi connectivity index (χ0v) is 14.0. The number of nitrogens with one attached hydrogen (secondary N) is 1. The average Bonchev–Trinajstić information content (AvgIpc) is 3.01. The molecule has 2 aromatic carbocycles. The molecule has 1 heterocycles. The van der Waals surface area contributed by atoms with Crippen LogP contribution in [0.3, 0.4) is 0 Å². The normalized spacial score (nSPS) is 13.2. The number of ether oxygens (including phenoxy) is 2. The van der Waals surface area contributed by atoms with E-state index in [1.165, 1.54) is 36.4 Å². The van der Waals surface area contributed by atoms with Gasteiger partial charge in [0.1, 0.15) is 0 Å². The summed E-state index contributed by atoms with van der Waals surface area (Å²) in [7, 11) is -3.92. The molecule has 9 nitrogen and oxygen atoms in total. The molecule has 0 atom stereocenters. The monoisotopic (exact) mass is 383 g/mol. The zero-order valence-electron chi connectivity index (χ0n) is 12.4. The summed E-state index contributed by atoms with van der Waals surface area (Å²) in [6.45, 7) is -0.0454. The van der Waals surface area contributed by atoms with Crippen LogP contribution < -0.4 is 14.3 Å². The molecule has 130 valence electrons. The Labute approximate surface area is 147 Å². The van der Waals surface area contributed by atoms with Gasteiger partial charge in [-0.15, -0.1) is 0 Å². The smallest absolute Gasteiger partial charge is 0.282 e. The van der Waals surface area contributed by atoms with Gasteiger partial charge >= 0.3 is 0 Å². The fourth-order valence-corrected chi connectivity index (χ4v) is 2.96. The lowest BCUT2D eigenvalue weighted by molar-refractivity contribution is -0.385. The van der Waals surface area contributed by atoms with Crippen LogP contribution in [-0.4, -0.2) is 26.3 Å². The standard InChI is InChI=1S/C14H10ClN3O6S/c15-10-1-3-11(4-2-10)25(21,22)17-16-7-9-5-13-14(24-8-23-13)6-12(9)18(19)20/h1-7,17H,8H2/b16-7+. The number of hydrogen-bond acceptors (Lipinski definition) is 7. The molecule has 1 N–H and O–H groups in total. The lowest BCUT2D eigenvalue weighted by atomic mass is 10.1. The number of nitrogens with zero attached hydrogens (tertiary/aromatic N) is 2. The highest BCUT2D eigenvalue weighted by molar-refractivity contribution is 7.89. The summed E-state index contributed by atoms with van der Waals surface area (Å²) in [6.07, 6.45) is 1.02. The molecule has 0 saturated heterocycles. The second-order valence-electron chi connectivity index (χ2n) is 4.83. The van der Waals surface area contributed by atoms with Gasteiger partial charge in [-0.25, -0.2) is 4.83 Å². The topological polar surface area (TPSA) is 120 Å². The minimum absolute atomic E-state index is 0.0454. The summed E-state index contributed by atoms with van der Waals surface area (Å²) >= 11 is 5.71. The number of fused-ring (bicyclic) bond motifs is 1. The van der Waals surface area contributed by atoms with E-state index in [1.54, 1.807) is 0 Å². The highest BCUT2D eigenvalue weighted by atomic mass is 35.5. The molecule has 0 spiro atoms. The van der Waals surface area contributed by atoms with Gasteiger partial charge in [0, 0.05) is 5.02 Å². The van der Waals surface area contributed by atoms with E-state index in [2.05, 4.69) is 5.10 Å². The van der Waals surface area contributed by atoms with Gasteiger partial charge in [0.15, 0.2) is 11.5 Å². The van der Waals surface area contributed by atoms with Crippen molar-refractivity contribution in [3.05, 3.63) is 57.1 Å². The van der Waals surface area contributed by atoms with Crippen molar-refractivity contribution in [3.63, 3.8) is 0 Å². The number of nitro benzene ring substituents is 1. The summed E-state index contributed by atoms with van der Waals surface area (Å²) in [6, 6.07) is 8.00. The third kappa shape index (κ3) is 3.64. The predicted octanol–water partition coefficient (Wildman–Crippen LogP) is 2.29. The molecular weight excluding hydrogens is 374 g/mol.